The average Bonchev–Trinajstić information content (AvgIpc) is 3.41. The third kappa shape index (κ3) is 3.70. The van der Waals surface area contributed by atoms with Crippen molar-refractivity contribution in [1.29, 1.82) is 0 Å². The molecule has 0 aliphatic heterocycles. The molecular weight excluding hydrogens is 412 g/mol. The number of furan rings is 1. The van der Waals surface area contributed by atoms with Crippen molar-refractivity contribution < 1.29 is 13.9 Å². The Morgan fingerprint density at radius 2 is 1.97 bits per heavy atom. The summed E-state index contributed by atoms with van der Waals surface area (Å²) >= 11 is 1.66. The SMILES string of the molecule is COC(=O)c1ccc(Cn2c(Cc3ccccc3)nc3sc4c(c3c2=O)CCCC4)o1. The molecule has 4 aromatic rings. The molecule has 0 N–H and O–H groups in total. The van der Waals surface area contributed by atoms with Gasteiger partial charge in [0.2, 0.25) is 5.76 Å². The second-order valence-electron chi connectivity index (χ2n) is 7.73. The number of benzene rings is 1. The fourth-order valence-electron chi connectivity index (χ4n) is 4.19. The summed E-state index contributed by atoms with van der Waals surface area (Å²) in [5.41, 5.74) is 2.21. The van der Waals surface area contributed by atoms with Crippen molar-refractivity contribution in [3.63, 3.8) is 0 Å². The molecule has 1 aromatic carbocycles. The predicted molar refractivity (Wildman–Crippen MR) is 119 cm³/mol. The lowest BCUT2D eigenvalue weighted by Gasteiger charge is -2.13. The molecule has 0 radical (unpaired) electrons. The van der Waals surface area contributed by atoms with Gasteiger partial charge in [-0.2, -0.15) is 0 Å². The number of rotatable bonds is 5. The number of carbonyl (C=O) groups excluding carboxylic acids is 1. The number of nitrogens with zero attached hydrogens (tertiary/aromatic N) is 2. The Hall–Kier alpha value is -3.19. The summed E-state index contributed by atoms with van der Waals surface area (Å²) in [5, 5.41) is 0.747. The largest absolute Gasteiger partial charge is 0.463 e. The van der Waals surface area contributed by atoms with E-state index < -0.39 is 5.97 Å². The van der Waals surface area contributed by atoms with E-state index in [0.717, 1.165) is 41.5 Å². The van der Waals surface area contributed by atoms with Gasteiger partial charge in [0.25, 0.3) is 5.56 Å². The molecule has 3 heterocycles. The molecule has 158 valence electrons. The highest BCUT2D eigenvalue weighted by atomic mass is 32.1. The lowest BCUT2D eigenvalue weighted by Crippen LogP contribution is -2.26. The van der Waals surface area contributed by atoms with Crippen molar-refractivity contribution in [1.82, 2.24) is 9.55 Å². The van der Waals surface area contributed by atoms with Crippen molar-refractivity contribution in [2.24, 2.45) is 0 Å². The van der Waals surface area contributed by atoms with Crippen LogP contribution in [-0.2, 0) is 30.5 Å². The molecule has 0 saturated heterocycles. The molecule has 0 saturated carbocycles. The van der Waals surface area contributed by atoms with Gasteiger partial charge in [-0.3, -0.25) is 9.36 Å². The molecule has 7 heteroatoms. The highest BCUT2D eigenvalue weighted by Gasteiger charge is 2.23. The summed E-state index contributed by atoms with van der Waals surface area (Å²) in [7, 11) is 1.31. The number of hydrogen-bond acceptors (Lipinski definition) is 6. The van der Waals surface area contributed by atoms with Gasteiger partial charge in [0.05, 0.1) is 19.0 Å². The molecule has 0 amide bonds. The number of hydrogen-bond donors (Lipinski definition) is 0. The Kier molecular flexibility index (Phi) is 5.19. The fourth-order valence-corrected chi connectivity index (χ4v) is 5.46. The van der Waals surface area contributed by atoms with E-state index >= 15 is 0 Å². The van der Waals surface area contributed by atoms with Crippen molar-refractivity contribution >= 4 is 27.5 Å². The molecule has 6 nitrogen and oxygen atoms in total. The van der Waals surface area contributed by atoms with Crippen LogP contribution >= 0.6 is 11.3 Å². The van der Waals surface area contributed by atoms with E-state index in [1.54, 1.807) is 28.0 Å². The third-order valence-corrected chi connectivity index (χ3v) is 6.91. The Balaban J connectivity index is 1.63. The standard InChI is InChI=1S/C24H22N2O4S/c1-29-24(28)18-12-11-16(30-18)14-26-20(13-15-7-3-2-4-8-15)25-22-21(23(26)27)17-9-5-6-10-19(17)31-22/h2-4,7-8,11-12H,5-6,9-10,13-14H2,1H3. The maximum absolute atomic E-state index is 13.7. The summed E-state index contributed by atoms with van der Waals surface area (Å²) in [5.74, 6) is 0.793. The molecule has 3 aromatic heterocycles. The molecule has 0 atom stereocenters. The number of aromatic nitrogens is 2. The number of ether oxygens (including phenoxy) is 1. The quantitative estimate of drug-likeness (QED) is 0.437. The zero-order valence-corrected chi connectivity index (χ0v) is 18.0. The van der Waals surface area contributed by atoms with Crippen molar-refractivity contribution in [2.75, 3.05) is 7.11 Å². The number of carbonyl (C=O) groups is 1. The summed E-state index contributed by atoms with van der Waals surface area (Å²) in [6.07, 6.45) is 4.75. The zero-order valence-electron chi connectivity index (χ0n) is 17.2. The fraction of sp³-hybridized carbons (Fsp3) is 0.292. The first kappa shape index (κ1) is 19.8. The summed E-state index contributed by atoms with van der Waals surface area (Å²) < 4.78 is 12.1. The predicted octanol–water partition coefficient (Wildman–Crippen LogP) is 4.36. The van der Waals surface area contributed by atoms with E-state index in [9.17, 15) is 9.59 Å². The van der Waals surface area contributed by atoms with E-state index in [-0.39, 0.29) is 17.9 Å². The summed E-state index contributed by atoms with van der Waals surface area (Å²) in [4.78, 5) is 32.5. The van der Waals surface area contributed by atoms with Crippen molar-refractivity contribution in [3.05, 3.63) is 86.2 Å². The Bertz CT molecular complexity index is 1320. The van der Waals surface area contributed by atoms with Crippen molar-refractivity contribution in [3.8, 4) is 0 Å². The van der Waals surface area contributed by atoms with E-state index in [0.29, 0.717) is 18.0 Å². The first-order valence-corrected chi connectivity index (χ1v) is 11.2. The van der Waals surface area contributed by atoms with Gasteiger partial charge in [-0.25, -0.2) is 9.78 Å². The smallest absolute Gasteiger partial charge is 0.373 e. The van der Waals surface area contributed by atoms with E-state index in [4.69, 9.17) is 14.1 Å². The summed E-state index contributed by atoms with van der Waals surface area (Å²) in [6, 6.07) is 13.3. The lowest BCUT2D eigenvalue weighted by atomic mass is 9.97. The van der Waals surface area contributed by atoms with Gasteiger partial charge in [-0.05, 0) is 48.9 Å². The highest BCUT2D eigenvalue weighted by Crippen LogP contribution is 2.34. The van der Waals surface area contributed by atoms with Crippen LogP contribution in [0.5, 0.6) is 0 Å². The average molecular weight is 435 g/mol. The monoisotopic (exact) mass is 434 g/mol. The Morgan fingerprint density at radius 1 is 1.16 bits per heavy atom. The number of thiophene rings is 1. The number of methoxy groups -OCH3 is 1. The zero-order chi connectivity index (χ0) is 21.4. The van der Waals surface area contributed by atoms with E-state index in [2.05, 4.69) is 0 Å². The van der Waals surface area contributed by atoms with Crippen LogP contribution in [-0.4, -0.2) is 22.6 Å². The van der Waals surface area contributed by atoms with Gasteiger partial charge < -0.3 is 9.15 Å². The first-order chi connectivity index (χ1) is 15.1. The van der Waals surface area contributed by atoms with E-state index in [1.165, 1.54) is 17.6 Å². The number of esters is 1. The molecule has 1 aliphatic carbocycles. The maximum Gasteiger partial charge on any atom is 0.373 e. The summed E-state index contributed by atoms with van der Waals surface area (Å²) in [6.45, 7) is 0.214. The van der Waals surface area contributed by atoms with Gasteiger partial charge in [0.1, 0.15) is 16.4 Å². The Morgan fingerprint density at radius 3 is 2.77 bits per heavy atom. The maximum atomic E-state index is 13.7. The minimum Gasteiger partial charge on any atom is -0.463 e. The number of aryl methyl sites for hydroxylation is 2. The number of fused-ring (bicyclic) bond motifs is 3. The molecule has 0 bridgehead atoms. The molecule has 0 fully saturated rings. The van der Waals surface area contributed by atoms with E-state index in [1.807, 2.05) is 30.3 Å². The molecular formula is C24H22N2O4S. The molecule has 0 spiro atoms. The van der Waals surface area contributed by atoms with Crippen LogP contribution in [0.1, 0.15) is 51.0 Å². The minimum atomic E-state index is -0.538. The van der Waals surface area contributed by atoms with Crippen LogP contribution in [0, 0.1) is 0 Å². The van der Waals surface area contributed by atoms with Gasteiger partial charge in [-0.1, -0.05) is 30.3 Å². The normalized spacial score (nSPS) is 13.3. The van der Waals surface area contributed by atoms with Crippen LogP contribution in [0.25, 0.3) is 10.2 Å². The highest BCUT2D eigenvalue weighted by molar-refractivity contribution is 7.18. The van der Waals surface area contributed by atoms with Gasteiger partial charge in [0, 0.05) is 11.3 Å². The van der Waals surface area contributed by atoms with Crippen LogP contribution in [0.2, 0.25) is 0 Å². The van der Waals surface area contributed by atoms with Crippen LogP contribution in [0.15, 0.2) is 51.7 Å². The second-order valence-corrected chi connectivity index (χ2v) is 8.81. The second kappa shape index (κ2) is 8.15. The van der Waals surface area contributed by atoms with Crippen LogP contribution in [0.3, 0.4) is 0 Å². The molecule has 0 unspecified atom stereocenters. The van der Waals surface area contributed by atoms with Gasteiger partial charge in [0.15, 0.2) is 0 Å². The van der Waals surface area contributed by atoms with Gasteiger partial charge >= 0.3 is 5.97 Å². The Labute approximate surface area is 183 Å². The first-order valence-electron chi connectivity index (χ1n) is 10.4. The third-order valence-electron chi connectivity index (χ3n) is 5.72. The van der Waals surface area contributed by atoms with Crippen molar-refractivity contribution in [2.45, 2.75) is 38.6 Å². The molecule has 1 aliphatic rings. The topological polar surface area (TPSA) is 74.3 Å². The minimum absolute atomic E-state index is 0.0358. The van der Waals surface area contributed by atoms with Crippen LogP contribution < -0.4 is 5.56 Å². The van der Waals surface area contributed by atoms with Crippen LogP contribution in [0.4, 0.5) is 0 Å². The lowest BCUT2D eigenvalue weighted by molar-refractivity contribution is 0.0563. The van der Waals surface area contributed by atoms with Gasteiger partial charge in [-0.15, -0.1) is 11.3 Å². The molecule has 31 heavy (non-hydrogen) atoms. The molecule has 5 rings (SSSR count).